The minimum absolute atomic E-state index is 0. The average Bonchev–Trinajstić information content (AvgIpc) is 3.28. The predicted octanol–water partition coefficient (Wildman–Crippen LogP) is 4.86. The molecule has 9 heteroatoms. The standard InChI is InChI=1S/C23H33ClN6O.HI/c1-2-25-23(27-19-12-14-30(15-13-19)20-6-4-3-5-7-20)26-16-21-28-22(29-31-21)17-8-10-18(24)11-9-17;/h8-11,19-20H,2-7,12-16H2,1H3,(H2,25,26,27);1H. The number of benzene rings is 1. The number of guanidine groups is 1. The lowest BCUT2D eigenvalue weighted by atomic mass is 9.92. The van der Waals surface area contributed by atoms with Crippen molar-refractivity contribution in [1.29, 1.82) is 0 Å². The van der Waals surface area contributed by atoms with Crippen LogP contribution < -0.4 is 10.6 Å². The molecule has 0 bridgehead atoms. The Hall–Kier alpha value is -1.39. The van der Waals surface area contributed by atoms with Gasteiger partial charge in [0.2, 0.25) is 11.7 Å². The van der Waals surface area contributed by atoms with Crippen LogP contribution in [0.25, 0.3) is 11.4 Å². The van der Waals surface area contributed by atoms with Gasteiger partial charge in [0.25, 0.3) is 0 Å². The predicted molar refractivity (Wildman–Crippen MR) is 140 cm³/mol. The minimum atomic E-state index is 0. The number of halogens is 2. The van der Waals surface area contributed by atoms with Gasteiger partial charge < -0.3 is 20.1 Å². The summed E-state index contributed by atoms with van der Waals surface area (Å²) in [6.45, 7) is 5.59. The molecule has 1 aromatic heterocycles. The van der Waals surface area contributed by atoms with Gasteiger partial charge in [0.1, 0.15) is 6.54 Å². The molecule has 0 radical (unpaired) electrons. The lowest BCUT2D eigenvalue weighted by Crippen LogP contribution is -2.50. The van der Waals surface area contributed by atoms with Gasteiger partial charge in [0.05, 0.1) is 0 Å². The number of hydrogen-bond donors (Lipinski definition) is 2. The number of aromatic nitrogens is 2. The summed E-state index contributed by atoms with van der Waals surface area (Å²) in [7, 11) is 0. The Morgan fingerprint density at radius 3 is 2.53 bits per heavy atom. The molecule has 1 aliphatic heterocycles. The summed E-state index contributed by atoms with van der Waals surface area (Å²) in [4.78, 5) is 11.8. The number of hydrogen-bond acceptors (Lipinski definition) is 5. The molecule has 32 heavy (non-hydrogen) atoms. The SMILES string of the molecule is CCNC(=NCc1nc(-c2ccc(Cl)cc2)no1)NC1CCN(C2CCCCC2)CC1.I. The molecule has 1 aromatic carbocycles. The summed E-state index contributed by atoms with van der Waals surface area (Å²) in [5, 5.41) is 11.7. The maximum atomic E-state index is 5.95. The second-order valence-corrected chi connectivity index (χ2v) is 8.90. The molecule has 0 amide bonds. The van der Waals surface area contributed by atoms with Crippen molar-refractivity contribution in [2.24, 2.45) is 4.99 Å². The van der Waals surface area contributed by atoms with E-state index >= 15 is 0 Å². The Kier molecular flexibility index (Phi) is 10.1. The highest BCUT2D eigenvalue weighted by molar-refractivity contribution is 14.0. The first-order valence-corrected chi connectivity index (χ1v) is 12.0. The van der Waals surface area contributed by atoms with Crippen LogP contribution in [0.1, 0.15) is 57.8 Å². The van der Waals surface area contributed by atoms with Gasteiger partial charge in [-0.05, 0) is 56.9 Å². The van der Waals surface area contributed by atoms with Crippen LogP contribution in [0, 0.1) is 0 Å². The molecule has 1 saturated heterocycles. The molecule has 7 nitrogen and oxygen atoms in total. The van der Waals surface area contributed by atoms with Crippen molar-refractivity contribution in [3.63, 3.8) is 0 Å². The summed E-state index contributed by atoms with van der Waals surface area (Å²) in [6.07, 6.45) is 9.28. The molecule has 2 aromatic rings. The molecule has 2 aliphatic rings. The van der Waals surface area contributed by atoms with Crippen molar-refractivity contribution in [1.82, 2.24) is 25.7 Å². The van der Waals surface area contributed by atoms with Crippen molar-refractivity contribution < 1.29 is 4.52 Å². The molecule has 1 aliphatic carbocycles. The lowest BCUT2D eigenvalue weighted by Gasteiger charge is -2.39. The molecule has 4 rings (SSSR count). The third kappa shape index (κ3) is 7.05. The largest absolute Gasteiger partial charge is 0.357 e. The summed E-state index contributed by atoms with van der Waals surface area (Å²) >= 11 is 5.95. The molecule has 2 N–H and O–H groups in total. The van der Waals surface area contributed by atoms with Crippen LogP contribution in [-0.2, 0) is 6.54 Å². The van der Waals surface area contributed by atoms with E-state index in [2.05, 4.69) is 37.6 Å². The Labute approximate surface area is 212 Å². The number of piperidine rings is 1. The van der Waals surface area contributed by atoms with E-state index in [1.54, 1.807) is 0 Å². The van der Waals surface area contributed by atoms with Gasteiger partial charge in [0, 0.05) is 42.3 Å². The smallest absolute Gasteiger partial charge is 0.248 e. The molecule has 1 saturated carbocycles. The van der Waals surface area contributed by atoms with Gasteiger partial charge >= 0.3 is 0 Å². The summed E-state index contributed by atoms with van der Waals surface area (Å²) in [5.74, 6) is 1.86. The Bertz CT molecular complexity index is 844. The average molecular weight is 573 g/mol. The molecule has 2 fully saturated rings. The molecular weight excluding hydrogens is 539 g/mol. The van der Waals surface area contributed by atoms with Crippen molar-refractivity contribution in [2.75, 3.05) is 19.6 Å². The molecule has 0 unspecified atom stereocenters. The van der Waals surface area contributed by atoms with Crippen LogP contribution >= 0.6 is 35.6 Å². The fourth-order valence-electron chi connectivity index (χ4n) is 4.55. The summed E-state index contributed by atoms with van der Waals surface area (Å²) < 4.78 is 5.39. The Balaban J connectivity index is 0.00000289. The fourth-order valence-corrected chi connectivity index (χ4v) is 4.68. The lowest BCUT2D eigenvalue weighted by molar-refractivity contribution is 0.119. The van der Waals surface area contributed by atoms with Crippen LogP contribution in [0.15, 0.2) is 33.8 Å². The quantitative estimate of drug-likeness (QED) is 0.292. The maximum absolute atomic E-state index is 5.95. The molecule has 0 spiro atoms. The van der Waals surface area contributed by atoms with Gasteiger partial charge in [-0.2, -0.15) is 4.98 Å². The summed E-state index contributed by atoms with van der Waals surface area (Å²) in [5.41, 5.74) is 0.873. The first kappa shape index (κ1) is 25.2. The van der Waals surface area contributed by atoms with Gasteiger partial charge in [-0.1, -0.05) is 36.0 Å². The molecular formula is C23H34ClIN6O. The fraction of sp³-hybridized carbons (Fsp3) is 0.609. The van der Waals surface area contributed by atoms with E-state index in [-0.39, 0.29) is 24.0 Å². The van der Waals surface area contributed by atoms with E-state index < -0.39 is 0 Å². The van der Waals surface area contributed by atoms with E-state index in [0.717, 1.165) is 37.0 Å². The first-order chi connectivity index (χ1) is 15.2. The second-order valence-electron chi connectivity index (χ2n) is 8.46. The number of rotatable bonds is 6. The van der Waals surface area contributed by atoms with Crippen LogP contribution in [-0.4, -0.2) is 52.7 Å². The van der Waals surface area contributed by atoms with E-state index in [4.69, 9.17) is 16.1 Å². The van der Waals surface area contributed by atoms with Crippen LogP contribution in [0.2, 0.25) is 5.02 Å². The van der Waals surface area contributed by atoms with E-state index in [1.165, 1.54) is 45.2 Å². The topological polar surface area (TPSA) is 78.6 Å². The highest BCUT2D eigenvalue weighted by Gasteiger charge is 2.26. The highest BCUT2D eigenvalue weighted by Crippen LogP contribution is 2.25. The van der Waals surface area contributed by atoms with Gasteiger partial charge in [0.15, 0.2) is 5.96 Å². The number of likely N-dealkylation sites (tertiary alicyclic amines) is 1. The van der Waals surface area contributed by atoms with Crippen LogP contribution in [0.3, 0.4) is 0 Å². The summed E-state index contributed by atoms with van der Waals surface area (Å²) in [6, 6.07) is 8.65. The van der Waals surface area contributed by atoms with Gasteiger partial charge in [-0.25, -0.2) is 4.99 Å². The second kappa shape index (κ2) is 12.7. The zero-order valence-electron chi connectivity index (χ0n) is 18.7. The third-order valence-corrected chi connectivity index (χ3v) is 6.50. The minimum Gasteiger partial charge on any atom is -0.357 e. The molecule has 176 valence electrons. The van der Waals surface area contributed by atoms with Crippen LogP contribution in [0.4, 0.5) is 0 Å². The van der Waals surface area contributed by atoms with E-state index in [0.29, 0.717) is 29.3 Å². The third-order valence-electron chi connectivity index (χ3n) is 6.25. The number of nitrogens with zero attached hydrogens (tertiary/aromatic N) is 4. The van der Waals surface area contributed by atoms with Gasteiger partial charge in [-0.15, -0.1) is 24.0 Å². The van der Waals surface area contributed by atoms with Crippen molar-refractivity contribution in [3.05, 3.63) is 35.2 Å². The Morgan fingerprint density at radius 1 is 1.12 bits per heavy atom. The monoisotopic (exact) mass is 572 g/mol. The Morgan fingerprint density at radius 2 is 1.84 bits per heavy atom. The van der Waals surface area contributed by atoms with Crippen molar-refractivity contribution in [3.8, 4) is 11.4 Å². The highest BCUT2D eigenvalue weighted by atomic mass is 127. The normalized spacial score (nSPS) is 18.9. The first-order valence-electron chi connectivity index (χ1n) is 11.6. The zero-order valence-corrected chi connectivity index (χ0v) is 21.8. The van der Waals surface area contributed by atoms with Crippen molar-refractivity contribution in [2.45, 2.75) is 70.5 Å². The van der Waals surface area contributed by atoms with E-state index in [1.807, 2.05) is 24.3 Å². The number of nitrogens with one attached hydrogen (secondary N) is 2. The zero-order chi connectivity index (χ0) is 21.5. The van der Waals surface area contributed by atoms with E-state index in [9.17, 15) is 0 Å². The molecule has 2 heterocycles. The van der Waals surface area contributed by atoms with Crippen LogP contribution in [0.5, 0.6) is 0 Å². The maximum Gasteiger partial charge on any atom is 0.248 e. The number of aliphatic imine (C=N–C) groups is 1. The van der Waals surface area contributed by atoms with Crippen molar-refractivity contribution >= 4 is 41.5 Å². The molecule has 0 atom stereocenters. The van der Waals surface area contributed by atoms with Gasteiger partial charge in [-0.3, -0.25) is 0 Å².